The summed E-state index contributed by atoms with van der Waals surface area (Å²) >= 11 is 0. The number of amides is 1. The van der Waals surface area contributed by atoms with E-state index in [2.05, 4.69) is 41.0 Å². The predicted molar refractivity (Wildman–Crippen MR) is 101 cm³/mol. The Labute approximate surface area is 152 Å². The molecule has 132 valence electrons. The molecule has 5 rings (SSSR count). The van der Waals surface area contributed by atoms with Gasteiger partial charge in [-0.3, -0.25) is 4.79 Å². The number of carbonyl (C=O) groups excluding carboxylic acids is 1. The van der Waals surface area contributed by atoms with Gasteiger partial charge in [0.2, 0.25) is 5.91 Å². The summed E-state index contributed by atoms with van der Waals surface area (Å²) in [7, 11) is 0. The molecule has 0 saturated heterocycles. The van der Waals surface area contributed by atoms with Crippen LogP contribution in [0.5, 0.6) is 0 Å². The molecule has 4 heteroatoms. The van der Waals surface area contributed by atoms with E-state index in [1.54, 1.807) is 6.26 Å². The van der Waals surface area contributed by atoms with Gasteiger partial charge in [-0.15, -0.1) is 0 Å². The lowest BCUT2D eigenvalue weighted by Crippen LogP contribution is -2.24. The molecule has 0 atom stereocenters. The van der Waals surface area contributed by atoms with Crippen LogP contribution in [0.1, 0.15) is 39.8 Å². The van der Waals surface area contributed by atoms with E-state index >= 15 is 0 Å². The van der Waals surface area contributed by atoms with Crippen molar-refractivity contribution >= 4 is 16.9 Å². The van der Waals surface area contributed by atoms with Gasteiger partial charge in [-0.05, 0) is 59.2 Å². The number of carbonyl (C=O) groups is 1. The van der Waals surface area contributed by atoms with Gasteiger partial charge in [0.1, 0.15) is 5.58 Å². The zero-order valence-corrected chi connectivity index (χ0v) is 14.7. The summed E-state index contributed by atoms with van der Waals surface area (Å²) in [6, 6.07) is 10.8. The molecule has 0 spiro atoms. The molecule has 1 aromatic heterocycles. The van der Waals surface area contributed by atoms with Crippen LogP contribution in [0.2, 0.25) is 0 Å². The summed E-state index contributed by atoms with van der Waals surface area (Å²) in [5.74, 6) is 0.0341. The lowest BCUT2D eigenvalue weighted by molar-refractivity contribution is -0.120. The average Bonchev–Trinajstić information content (AvgIpc) is 3.37. The third-order valence-electron chi connectivity index (χ3n) is 5.61. The predicted octanol–water partition coefficient (Wildman–Crippen LogP) is 3.38. The van der Waals surface area contributed by atoms with Crippen molar-refractivity contribution in [2.24, 2.45) is 0 Å². The number of rotatable bonds is 4. The Balaban J connectivity index is 1.28. The Morgan fingerprint density at radius 1 is 1.04 bits per heavy atom. The topological polar surface area (TPSA) is 54.3 Å². The first-order valence-electron chi connectivity index (χ1n) is 9.36. The first kappa shape index (κ1) is 15.6. The molecule has 0 saturated carbocycles. The molecule has 1 aliphatic heterocycles. The number of hydrogen-bond donors (Lipinski definition) is 2. The molecule has 0 fully saturated rings. The van der Waals surface area contributed by atoms with Crippen LogP contribution in [0.15, 0.2) is 41.0 Å². The Morgan fingerprint density at radius 2 is 1.88 bits per heavy atom. The second-order valence-electron chi connectivity index (χ2n) is 7.39. The van der Waals surface area contributed by atoms with Crippen molar-refractivity contribution in [2.45, 2.75) is 45.3 Å². The van der Waals surface area contributed by atoms with Crippen LogP contribution in [0.4, 0.5) is 0 Å². The Hall–Kier alpha value is -2.59. The van der Waals surface area contributed by atoms with Crippen molar-refractivity contribution in [3.05, 3.63) is 70.0 Å². The number of aryl methyl sites for hydroxylation is 2. The van der Waals surface area contributed by atoms with Gasteiger partial charge >= 0.3 is 0 Å². The van der Waals surface area contributed by atoms with Gasteiger partial charge in [0.05, 0.1) is 12.7 Å². The van der Waals surface area contributed by atoms with Crippen LogP contribution in [0.3, 0.4) is 0 Å². The van der Waals surface area contributed by atoms with Crippen molar-refractivity contribution in [3.63, 3.8) is 0 Å². The quantitative estimate of drug-likeness (QED) is 0.761. The minimum atomic E-state index is 0.0341. The summed E-state index contributed by atoms with van der Waals surface area (Å²) in [6.45, 7) is 2.43. The molecule has 2 aliphatic rings. The molecule has 1 amide bonds. The van der Waals surface area contributed by atoms with E-state index in [1.165, 1.54) is 28.7 Å². The Kier molecular flexibility index (Phi) is 3.79. The highest BCUT2D eigenvalue weighted by Gasteiger charge is 2.17. The standard InChI is InChI=1S/C22H22N2O2/c25-22(24-10-14-4-5-17-11-23-12-18(17)6-14)9-19-13-26-21-8-16-3-1-2-15(16)7-20(19)21/h4-8,13,23H,1-3,9-12H2,(H,24,25). The molecule has 2 N–H and O–H groups in total. The largest absolute Gasteiger partial charge is 0.464 e. The van der Waals surface area contributed by atoms with Crippen molar-refractivity contribution in [2.75, 3.05) is 0 Å². The van der Waals surface area contributed by atoms with Crippen LogP contribution < -0.4 is 10.6 Å². The molecule has 2 aromatic carbocycles. The van der Waals surface area contributed by atoms with Crippen LogP contribution in [-0.4, -0.2) is 5.91 Å². The molecule has 1 aliphatic carbocycles. The number of nitrogens with one attached hydrogen (secondary N) is 2. The van der Waals surface area contributed by atoms with Crippen LogP contribution in [0.25, 0.3) is 11.0 Å². The first-order valence-corrected chi connectivity index (χ1v) is 9.36. The second kappa shape index (κ2) is 6.29. The molecule has 4 nitrogen and oxygen atoms in total. The third-order valence-corrected chi connectivity index (χ3v) is 5.61. The maximum Gasteiger partial charge on any atom is 0.224 e. The fourth-order valence-electron chi connectivity index (χ4n) is 4.18. The highest BCUT2D eigenvalue weighted by molar-refractivity contribution is 5.88. The SMILES string of the molecule is O=C(Cc1coc2cc3c(cc12)CCC3)NCc1ccc2c(c1)CNC2. The molecule has 26 heavy (non-hydrogen) atoms. The maximum absolute atomic E-state index is 12.4. The average molecular weight is 346 g/mol. The van der Waals surface area contributed by atoms with E-state index in [0.717, 1.165) is 48.0 Å². The number of fused-ring (bicyclic) bond motifs is 3. The maximum atomic E-state index is 12.4. The minimum absolute atomic E-state index is 0.0341. The molecule has 2 heterocycles. The highest BCUT2D eigenvalue weighted by Crippen LogP contribution is 2.30. The summed E-state index contributed by atoms with van der Waals surface area (Å²) < 4.78 is 5.70. The second-order valence-corrected chi connectivity index (χ2v) is 7.39. The summed E-state index contributed by atoms with van der Waals surface area (Å²) in [5.41, 5.74) is 8.53. The van der Waals surface area contributed by atoms with Crippen LogP contribution >= 0.6 is 0 Å². The fraction of sp³-hybridized carbons (Fsp3) is 0.318. The number of furan rings is 1. The van der Waals surface area contributed by atoms with Crippen molar-refractivity contribution < 1.29 is 9.21 Å². The van der Waals surface area contributed by atoms with E-state index < -0.39 is 0 Å². The van der Waals surface area contributed by atoms with Gasteiger partial charge in [0.25, 0.3) is 0 Å². The Morgan fingerprint density at radius 3 is 2.81 bits per heavy atom. The lowest BCUT2D eigenvalue weighted by Gasteiger charge is -2.07. The molecule has 3 aromatic rings. The van der Waals surface area contributed by atoms with E-state index in [-0.39, 0.29) is 5.91 Å². The van der Waals surface area contributed by atoms with Crippen LogP contribution in [-0.2, 0) is 43.7 Å². The summed E-state index contributed by atoms with van der Waals surface area (Å²) in [4.78, 5) is 12.4. The molecule has 0 radical (unpaired) electrons. The molecule has 0 bridgehead atoms. The van der Waals surface area contributed by atoms with Gasteiger partial charge in [0.15, 0.2) is 0 Å². The van der Waals surface area contributed by atoms with Gasteiger partial charge < -0.3 is 15.1 Å². The fourth-order valence-corrected chi connectivity index (χ4v) is 4.18. The Bertz CT molecular complexity index is 1000. The van der Waals surface area contributed by atoms with Crippen molar-refractivity contribution in [3.8, 4) is 0 Å². The zero-order chi connectivity index (χ0) is 17.5. The zero-order valence-electron chi connectivity index (χ0n) is 14.7. The van der Waals surface area contributed by atoms with Gasteiger partial charge in [-0.2, -0.15) is 0 Å². The van der Waals surface area contributed by atoms with E-state index in [1.807, 2.05) is 0 Å². The molecule has 0 unspecified atom stereocenters. The van der Waals surface area contributed by atoms with Crippen molar-refractivity contribution in [1.29, 1.82) is 0 Å². The number of hydrogen-bond acceptors (Lipinski definition) is 3. The van der Waals surface area contributed by atoms with E-state index in [4.69, 9.17) is 4.42 Å². The van der Waals surface area contributed by atoms with E-state index in [0.29, 0.717) is 13.0 Å². The summed E-state index contributed by atoms with van der Waals surface area (Å²) in [6.07, 6.45) is 5.58. The number of benzene rings is 2. The van der Waals surface area contributed by atoms with Gasteiger partial charge in [-0.1, -0.05) is 18.2 Å². The van der Waals surface area contributed by atoms with E-state index in [9.17, 15) is 4.79 Å². The molecular weight excluding hydrogens is 324 g/mol. The van der Waals surface area contributed by atoms with Crippen LogP contribution in [0, 0.1) is 0 Å². The highest BCUT2D eigenvalue weighted by atomic mass is 16.3. The third kappa shape index (κ3) is 2.80. The normalized spacial score (nSPS) is 15.2. The van der Waals surface area contributed by atoms with Gasteiger partial charge in [0, 0.05) is 30.6 Å². The summed E-state index contributed by atoms with van der Waals surface area (Å²) in [5, 5.41) is 7.48. The smallest absolute Gasteiger partial charge is 0.224 e. The monoisotopic (exact) mass is 346 g/mol. The van der Waals surface area contributed by atoms with Crippen molar-refractivity contribution in [1.82, 2.24) is 10.6 Å². The lowest BCUT2D eigenvalue weighted by atomic mass is 10.0. The van der Waals surface area contributed by atoms with Gasteiger partial charge in [-0.25, -0.2) is 0 Å². The molecular formula is C22H22N2O2. The first-order chi connectivity index (χ1) is 12.8. The minimum Gasteiger partial charge on any atom is -0.464 e.